The minimum Gasteiger partial charge on any atom is -0.460 e. The molecule has 0 radical (unpaired) electrons. The zero-order valence-electron chi connectivity index (χ0n) is 21.6. The molecule has 0 spiro atoms. The zero-order valence-corrected chi connectivity index (χ0v) is 22.5. The Morgan fingerprint density at radius 1 is 1.03 bits per heavy atom. The van der Waals surface area contributed by atoms with E-state index >= 15 is 0 Å². The number of hydrogen-bond acceptors (Lipinski definition) is 11. The summed E-state index contributed by atoms with van der Waals surface area (Å²) in [5.41, 5.74) is 3.78. The molecule has 0 fully saturated rings. The maximum atomic E-state index is 11.2. The lowest BCUT2D eigenvalue weighted by Gasteiger charge is -2.32. The summed E-state index contributed by atoms with van der Waals surface area (Å²) in [4.78, 5) is 52.3. The van der Waals surface area contributed by atoms with Crippen molar-refractivity contribution >= 4 is 36.5 Å². The van der Waals surface area contributed by atoms with Crippen LogP contribution in [0.5, 0.6) is 0 Å². The smallest absolute Gasteiger partial charge is 0.351 e. The number of aliphatic hydroxyl groups is 1. The molecule has 0 saturated heterocycles. The molecular formula is C21H36N5O9P. The second-order valence-corrected chi connectivity index (χ2v) is 11.4. The lowest BCUT2D eigenvalue weighted by Crippen LogP contribution is -2.40. The van der Waals surface area contributed by atoms with Gasteiger partial charge in [-0.15, -0.1) is 0 Å². The van der Waals surface area contributed by atoms with Crippen LogP contribution < -0.4 is 5.73 Å². The van der Waals surface area contributed by atoms with Crippen molar-refractivity contribution in [2.75, 3.05) is 18.7 Å². The van der Waals surface area contributed by atoms with E-state index in [2.05, 4.69) is 15.0 Å². The fraction of sp³-hybridized carbons (Fsp3) is 0.667. The molecule has 0 aliphatic heterocycles. The Balaban J connectivity index is 0.000000384. The Bertz CT molecular complexity index is 1060. The molecule has 0 aliphatic carbocycles. The molecule has 1 atom stereocenters. The van der Waals surface area contributed by atoms with Gasteiger partial charge in [-0.1, -0.05) is 6.92 Å². The molecule has 1 unspecified atom stereocenters. The molecule has 204 valence electrons. The van der Waals surface area contributed by atoms with Crippen LogP contribution in [-0.4, -0.2) is 70.5 Å². The van der Waals surface area contributed by atoms with Crippen LogP contribution in [0.3, 0.4) is 0 Å². The van der Waals surface area contributed by atoms with E-state index in [0.29, 0.717) is 11.2 Å². The summed E-state index contributed by atoms with van der Waals surface area (Å²) >= 11 is 0. The van der Waals surface area contributed by atoms with E-state index < -0.39 is 49.4 Å². The third-order valence-corrected chi connectivity index (χ3v) is 4.70. The van der Waals surface area contributed by atoms with Gasteiger partial charge in [0.2, 0.25) is 0 Å². The first-order valence-corrected chi connectivity index (χ1v) is 12.8. The summed E-state index contributed by atoms with van der Waals surface area (Å²) in [5.74, 6) is -0.954. The number of aromatic nitrogens is 4. The van der Waals surface area contributed by atoms with Gasteiger partial charge in [0, 0.05) is 0 Å². The van der Waals surface area contributed by atoms with Crippen LogP contribution in [0.25, 0.3) is 11.2 Å². The number of anilines is 1. The third kappa shape index (κ3) is 10.2. The van der Waals surface area contributed by atoms with E-state index in [4.69, 9.17) is 29.7 Å². The van der Waals surface area contributed by atoms with E-state index in [1.165, 1.54) is 17.2 Å². The normalized spacial score (nSPS) is 13.9. The number of nitrogen functional groups attached to an aromatic ring is 1. The predicted octanol–water partition coefficient (Wildman–Crippen LogP) is 1.68. The van der Waals surface area contributed by atoms with Gasteiger partial charge in [-0.05, 0) is 48.0 Å². The van der Waals surface area contributed by atoms with Gasteiger partial charge in [0.05, 0.1) is 12.9 Å². The van der Waals surface area contributed by atoms with Gasteiger partial charge in [-0.3, -0.25) is 18.7 Å². The number of imidazole rings is 1. The summed E-state index contributed by atoms with van der Waals surface area (Å²) in [7, 11) is -4.38. The van der Waals surface area contributed by atoms with Crippen molar-refractivity contribution in [1.29, 1.82) is 0 Å². The van der Waals surface area contributed by atoms with Crippen LogP contribution in [0.1, 0.15) is 61.3 Å². The molecule has 36 heavy (non-hydrogen) atoms. The second kappa shape index (κ2) is 12.1. The molecule has 2 aromatic heterocycles. The highest BCUT2D eigenvalue weighted by atomic mass is 31.2. The quantitative estimate of drug-likeness (QED) is 0.216. The molecular weight excluding hydrogens is 497 g/mol. The number of nitrogens with two attached hydrogens (primary N) is 1. The molecule has 5 N–H and O–H groups in total. The van der Waals surface area contributed by atoms with E-state index in [9.17, 15) is 19.3 Å². The first kappa shape index (κ1) is 31.4. The van der Waals surface area contributed by atoms with Crippen molar-refractivity contribution in [3.8, 4) is 0 Å². The Kier molecular flexibility index (Phi) is 10.5. The molecule has 0 saturated carbocycles. The molecule has 2 aromatic rings. The van der Waals surface area contributed by atoms with Gasteiger partial charge in [-0.2, -0.15) is 0 Å². The molecule has 2 rings (SSSR count). The standard InChI is InChI=1S/C11H20O4.C10H16N5O5P/c1-10(2,3)14-8(12)7-9(13)15-11(4,5)6;1-2-10(3-16,20-6-21(17,18)19)15-5-14-7-8(11)12-4-13-9(7)15/h7H2,1-6H3;4-5,16H,2-3,6H2,1H3,(H2,11,12,13)(H2,17,18,19). The number of esters is 2. The van der Waals surface area contributed by atoms with Crippen LogP contribution in [0.4, 0.5) is 5.82 Å². The highest BCUT2D eigenvalue weighted by Crippen LogP contribution is 2.38. The largest absolute Gasteiger partial charge is 0.460 e. The SMILES string of the molecule is CC(C)(C)OC(=O)CC(=O)OC(C)(C)C.CCC(CO)(OCP(=O)(O)O)n1cnc2c(N)ncnc21. The Morgan fingerprint density at radius 3 is 1.97 bits per heavy atom. The number of carbonyl (C=O) groups excluding carboxylic acids is 2. The number of fused-ring (bicyclic) bond motifs is 1. The van der Waals surface area contributed by atoms with E-state index in [1.807, 2.05) is 0 Å². The van der Waals surface area contributed by atoms with Crippen LogP contribution in [-0.2, 0) is 34.1 Å². The fourth-order valence-electron chi connectivity index (χ4n) is 2.80. The van der Waals surface area contributed by atoms with Crippen molar-refractivity contribution in [2.24, 2.45) is 0 Å². The second-order valence-electron chi connectivity index (χ2n) is 9.79. The van der Waals surface area contributed by atoms with Crippen LogP contribution in [0, 0.1) is 0 Å². The number of aliphatic hydroxyl groups excluding tert-OH is 1. The monoisotopic (exact) mass is 533 g/mol. The van der Waals surface area contributed by atoms with Crippen LogP contribution in [0.2, 0.25) is 0 Å². The number of ether oxygens (including phenoxy) is 3. The Labute approximate surface area is 209 Å². The average molecular weight is 534 g/mol. The minimum atomic E-state index is -4.38. The Morgan fingerprint density at radius 2 is 1.56 bits per heavy atom. The van der Waals surface area contributed by atoms with Crippen LogP contribution in [0.15, 0.2) is 12.7 Å². The van der Waals surface area contributed by atoms with Gasteiger partial charge in [0.25, 0.3) is 0 Å². The summed E-state index contributed by atoms with van der Waals surface area (Å²) in [5, 5.41) is 9.67. The minimum absolute atomic E-state index is 0.164. The van der Waals surface area contributed by atoms with Crippen molar-refractivity contribution < 1.29 is 43.3 Å². The topological polar surface area (TPSA) is 209 Å². The molecule has 0 aliphatic rings. The zero-order chi connectivity index (χ0) is 27.9. The van der Waals surface area contributed by atoms with Gasteiger partial charge in [-0.25, -0.2) is 15.0 Å². The third-order valence-electron chi connectivity index (χ3n) is 4.23. The maximum Gasteiger partial charge on any atom is 0.351 e. The van der Waals surface area contributed by atoms with Crippen molar-refractivity contribution in [1.82, 2.24) is 19.5 Å². The lowest BCUT2D eigenvalue weighted by molar-refractivity contribution is -0.166. The average Bonchev–Trinajstić information content (AvgIpc) is 3.12. The number of carbonyl (C=O) groups is 2. The lowest BCUT2D eigenvalue weighted by atomic mass is 10.1. The summed E-state index contributed by atoms with van der Waals surface area (Å²) in [6.45, 7) is 11.7. The van der Waals surface area contributed by atoms with Crippen molar-refractivity contribution in [2.45, 2.75) is 78.2 Å². The van der Waals surface area contributed by atoms with Crippen molar-refractivity contribution in [3.63, 3.8) is 0 Å². The van der Waals surface area contributed by atoms with Crippen LogP contribution >= 0.6 is 7.60 Å². The van der Waals surface area contributed by atoms with Gasteiger partial charge in [0.1, 0.15) is 29.5 Å². The molecule has 15 heteroatoms. The summed E-state index contributed by atoms with van der Waals surface area (Å²) < 4.78 is 27.7. The van der Waals surface area contributed by atoms with E-state index in [1.54, 1.807) is 48.5 Å². The molecule has 2 heterocycles. The highest BCUT2D eigenvalue weighted by molar-refractivity contribution is 7.51. The summed E-state index contributed by atoms with van der Waals surface area (Å²) in [6, 6.07) is 0. The molecule has 0 amide bonds. The molecule has 14 nitrogen and oxygen atoms in total. The number of hydrogen-bond donors (Lipinski definition) is 4. The van der Waals surface area contributed by atoms with E-state index in [0.717, 1.165) is 0 Å². The predicted molar refractivity (Wildman–Crippen MR) is 129 cm³/mol. The first-order valence-electron chi connectivity index (χ1n) is 11.0. The summed E-state index contributed by atoms with van der Waals surface area (Å²) in [6.07, 6.45) is 1.64. The number of rotatable bonds is 8. The van der Waals surface area contributed by atoms with Crippen molar-refractivity contribution in [3.05, 3.63) is 12.7 Å². The first-order chi connectivity index (χ1) is 16.3. The highest BCUT2D eigenvalue weighted by Gasteiger charge is 2.35. The Hall–Kier alpha value is -2.64. The maximum absolute atomic E-state index is 11.2. The van der Waals surface area contributed by atoms with Gasteiger partial charge >= 0.3 is 19.5 Å². The van der Waals surface area contributed by atoms with E-state index in [-0.39, 0.29) is 18.7 Å². The molecule has 0 aromatic carbocycles. The van der Waals surface area contributed by atoms with Gasteiger partial charge < -0.3 is 34.8 Å². The molecule has 0 bridgehead atoms. The number of nitrogens with zero attached hydrogens (tertiary/aromatic N) is 4. The van der Waals surface area contributed by atoms with Gasteiger partial charge in [0.15, 0.2) is 23.5 Å². The fourth-order valence-corrected chi connectivity index (χ4v) is 3.21.